The summed E-state index contributed by atoms with van der Waals surface area (Å²) in [5.74, 6) is 0.282. The largest absolute Gasteiger partial charge is 0.220 e. The Balaban J connectivity index is 1.82. The van der Waals surface area contributed by atoms with E-state index in [0.717, 1.165) is 40.7 Å². The molecule has 0 amide bonds. The molecule has 0 spiro atoms. The third kappa shape index (κ3) is 4.00. The number of pyridine rings is 1. The summed E-state index contributed by atoms with van der Waals surface area (Å²) in [6.45, 7) is 9.31. The SMILES string of the molecule is Cc1c(-c2c3ccc([Si](C)(C)C)cc3cc[n+]2C)cc(-c2ccccc2)c(F)c1C1CCCC1. The van der Waals surface area contributed by atoms with Crippen molar-refractivity contribution in [3.63, 3.8) is 0 Å². The van der Waals surface area contributed by atoms with E-state index in [9.17, 15) is 0 Å². The first-order chi connectivity index (χ1) is 16.3. The minimum absolute atomic E-state index is 0.0248. The van der Waals surface area contributed by atoms with Gasteiger partial charge in [-0.2, -0.15) is 0 Å². The second-order valence-electron chi connectivity index (χ2n) is 11.0. The second kappa shape index (κ2) is 8.78. The average molecular weight is 469 g/mol. The lowest BCUT2D eigenvalue weighted by Gasteiger charge is -2.21. The minimum atomic E-state index is -1.42. The zero-order chi connectivity index (χ0) is 24.0. The van der Waals surface area contributed by atoms with Crippen LogP contribution in [0.25, 0.3) is 33.2 Å². The topological polar surface area (TPSA) is 3.88 Å². The van der Waals surface area contributed by atoms with Gasteiger partial charge in [0, 0.05) is 11.6 Å². The van der Waals surface area contributed by atoms with Crippen LogP contribution < -0.4 is 9.75 Å². The molecule has 1 aromatic heterocycles. The van der Waals surface area contributed by atoms with Crippen LogP contribution in [0.5, 0.6) is 0 Å². The molecule has 3 aromatic carbocycles. The minimum Gasteiger partial charge on any atom is -0.206 e. The van der Waals surface area contributed by atoms with Crippen molar-refractivity contribution in [3.05, 3.63) is 83.8 Å². The summed E-state index contributed by atoms with van der Waals surface area (Å²) < 4.78 is 18.4. The number of hydrogen-bond donors (Lipinski definition) is 0. The molecule has 0 radical (unpaired) electrons. The van der Waals surface area contributed by atoms with E-state index in [1.165, 1.54) is 34.5 Å². The monoisotopic (exact) mass is 468 g/mol. The van der Waals surface area contributed by atoms with Crippen LogP contribution in [0, 0.1) is 12.7 Å². The van der Waals surface area contributed by atoms with Gasteiger partial charge in [0.2, 0.25) is 5.69 Å². The fourth-order valence-electron chi connectivity index (χ4n) is 5.72. The maximum atomic E-state index is 16.2. The molecule has 34 heavy (non-hydrogen) atoms. The van der Waals surface area contributed by atoms with Gasteiger partial charge in [-0.05, 0) is 59.9 Å². The fraction of sp³-hybridized carbons (Fsp3) is 0.323. The van der Waals surface area contributed by atoms with Crippen LogP contribution in [0.4, 0.5) is 4.39 Å². The average Bonchev–Trinajstić information content (AvgIpc) is 3.34. The maximum absolute atomic E-state index is 16.2. The lowest BCUT2D eigenvalue weighted by atomic mass is 9.85. The van der Waals surface area contributed by atoms with Gasteiger partial charge in [0.1, 0.15) is 12.9 Å². The van der Waals surface area contributed by atoms with E-state index in [2.05, 4.69) is 74.7 Å². The molecule has 0 atom stereocenters. The van der Waals surface area contributed by atoms with E-state index in [-0.39, 0.29) is 5.82 Å². The molecule has 1 aliphatic carbocycles. The molecule has 1 saturated carbocycles. The molecule has 1 heterocycles. The first kappa shape index (κ1) is 23.0. The van der Waals surface area contributed by atoms with Gasteiger partial charge in [-0.3, -0.25) is 0 Å². The molecule has 0 N–H and O–H groups in total. The van der Waals surface area contributed by atoms with Gasteiger partial charge in [0.05, 0.1) is 19.0 Å². The van der Waals surface area contributed by atoms with Crippen LogP contribution in [0.2, 0.25) is 19.6 Å². The number of nitrogens with zero attached hydrogens (tertiary/aromatic N) is 1. The molecule has 5 rings (SSSR count). The molecule has 0 bridgehead atoms. The van der Waals surface area contributed by atoms with E-state index in [0.29, 0.717) is 5.92 Å². The fourth-order valence-corrected chi connectivity index (χ4v) is 6.89. The van der Waals surface area contributed by atoms with Crippen LogP contribution in [-0.4, -0.2) is 8.07 Å². The van der Waals surface area contributed by atoms with Crippen molar-refractivity contribution in [3.8, 4) is 22.4 Å². The molecule has 4 aromatic rings. The van der Waals surface area contributed by atoms with E-state index in [4.69, 9.17) is 0 Å². The lowest BCUT2D eigenvalue weighted by Crippen LogP contribution is -2.37. The van der Waals surface area contributed by atoms with Gasteiger partial charge in [0.25, 0.3) is 0 Å². The predicted octanol–water partition coefficient (Wildman–Crippen LogP) is 7.65. The van der Waals surface area contributed by atoms with Gasteiger partial charge >= 0.3 is 0 Å². The van der Waals surface area contributed by atoms with E-state index in [1.54, 1.807) is 0 Å². The van der Waals surface area contributed by atoms with Crippen LogP contribution in [-0.2, 0) is 7.05 Å². The summed E-state index contributed by atoms with van der Waals surface area (Å²) in [6.07, 6.45) is 6.70. The van der Waals surface area contributed by atoms with Crippen molar-refractivity contribution in [2.45, 2.75) is 58.2 Å². The van der Waals surface area contributed by atoms with Crippen molar-refractivity contribution >= 4 is 24.0 Å². The lowest BCUT2D eigenvalue weighted by molar-refractivity contribution is -0.659. The Morgan fingerprint density at radius 2 is 1.59 bits per heavy atom. The number of fused-ring (bicyclic) bond motifs is 1. The number of halogens is 1. The highest BCUT2D eigenvalue weighted by molar-refractivity contribution is 6.88. The highest BCUT2D eigenvalue weighted by atomic mass is 28.3. The van der Waals surface area contributed by atoms with Gasteiger partial charge in [-0.25, -0.2) is 8.96 Å². The zero-order valence-corrected chi connectivity index (χ0v) is 22.1. The molecular formula is C31H35FNSi+. The van der Waals surface area contributed by atoms with E-state index in [1.807, 2.05) is 30.3 Å². The van der Waals surface area contributed by atoms with Gasteiger partial charge in [-0.1, -0.05) is 80.1 Å². The number of aromatic nitrogens is 1. The Hall–Kier alpha value is -2.78. The Bertz CT molecular complexity index is 1360. The van der Waals surface area contributed by atoms with Gasteiger partial charge in [-0.15, -0.1) is 0 Å². The van der Waals surface area contributed by atoms with Crippen molar-refractivity contribution in [1.29, 1.82) is 0 Å². The van der Waals surface area contributed by atoms with Crippen LogP contribution >= 0.6 is 0 Å². The summed E-state index contributed by atoms with van der Waals surface area (Å²) in [5.41, 5.74) is 6.03. The zero-order valence-electron chi connectivity index (χ0n) is 21.1. The summed E-state index contributed by atoms with van der Waals surface area (Å²) >= 11 is 0. The molecule has 1 aliphatic rings. The standard InChI is InChI=1S/C31H35FNSi/c1-21-27(31-26-16-15-25(34(3,4)5)19-24(26)17-18-33(31)2)20-28(22-11-7-6-8-12-22)30(32)29(21)23-13-9-10-14-23/h6-8,11-12,15-20,23H,9-10,13-14H2,1-5H3/q+1. The highest BCUT2D eigenvalue weighted by Gasteiger charge is 2.29. The summed E-state index contributed by atoms with van der Waals surface area (Å²) in [5, 5.41) is 3.96. The Kier molecular flexibility index (Phi) is 5.93. The molecule has 0 saturated heterocycles. The molecule has 1 fully saturated rings. The van der Waals surface area contributed by atoms with Crippen LogP contribution in [0.15, 0.2) is 66.9 Å². The molecule has 3 heteroatoms. The summed E-state index contributed by atoms with van der Waals surface area (Å²) in [6, 6.07) is 21.3. The smallest absolute Gasteiger partial charge is 0.206 e. The third-order valence-corrected chi connectivity index (χ3v) is 9.72. The van der Waals surface area contributed by atoms with Crippen molar-refractivity contribution in [2.24, 2.45) is 7.05 Å². The van der Waals surface area contributed by atoms with Crippen LogP contribution in [0.3, 0.4) is 0 Å². The van der Waals surface area contributed by atoms with Crippen molar-refractivity contribution in [2.75, 3.05) is 0 Å². The summed E-state index contributed by atoms with van der Waals surface area (Å²) in [7, 11) is 0.697. The Labute approximate surface area is 204 Å². The molecular weight excluding hydrogens is 433 g/mol. The highest BCUT2D eigenvalue weighted by Crippen LogP contribution is 2.43. The first-order valence-corrected chi connectivity index (χ1v) is 16.1. The molecule has 0 aliphatic heterocycles. The van der Waals surface area contributed by atoms with E-state index < -0.39 is 8.07 Å². The van der Waals surface area contributed by atoms with Gasteiger partial charge < -0.3 is 0 Å². The number of aryl methyl sites for hydroxylation is 1. The second-order valence-corrected chi connectivity index (χ2v) is 16.1. The maximum Gasteiger partial charge on any atom is 0.220 e. The number of benzene rings is 3. The molecule has 1 nitrogen and oxygen atoms in total. The van der Waals surface area contributed by atoms with Crippen molar-refractivity contribution < 1.29 is 8.96 Å². The first-order valence-electron chi connectivity index (χ1n) is 12.6. The predicted molar refractivity (Wildman–Crippen MR) is 145 cm³/mol. The Morgan fingerprint density at radius 1 is 0.882 bits per heavy atom. The van der Waals surface area contributed by atoms with Crippen LogP contribution in [0.1, 0.15) is 42.7 Å². The normalized spacial score (nSPS) is 14.8. The van der Waals surface area contributed by atoms with Crippen molar-refractivity contribution in [1.82, 2.24) is 0 Å². The number of hydrogen-bond acceptors (Lipinski definition) is 0. The summed E-state index contributed by atoms with van der Waals surface area (Å²) in [4.78, 5) is 0. The quantitative estimate of drug-likeness (QED) is 0.214. The van der Waals surface area contributed by atoms with Gasteiger partial charge in [0.15, 0.2) is 6.20 Å². The Morgan fingerprint density at radius 3 is 2.26 bits per heavy atom. The molecule has 0 unspecified atom stereocenters. The number of rotatable bonds is 4. The van der Waals surface area contributed by atoms with E-state index >= 15 is 4.39 Å². The molecule has 174 valence electrons. The third-order valence-electron chi connectivity index (χ3n) is 7.68.